The molecule has 4 rings (SSSR count). The molecule has 206 valence electrons. The van der Waals surface area contributed by atoms with Crippen LogP contribution in [0.25, 0.3) is 0 Å². The Balaban J connectivity index is 1.50. The number of para-hydroxylation sites is 1. The molecule has 2 atom stereocenters. The lowest BCUT2D eigenvalue weighted by molar-refractivity contribution is -0.117. The minimum Gasteiger partial charge on any atom is -0.493 e. The van der Waals surface area contributed by atoms with Gasteiger partial charge in [0.1, 0.15) is 6.61 Å². The van der Waals surface area contributed by atoms with Crippen LogP contribution in [0, 0.1) is 0 Å². The third kappa shape index (κ3) is 6.64. The number of carbonyl (C=O) groups excluding carboxylic acids is 2. The monoisotopic (exact) mass is 550 g/mol. The molecule has 0 aromatic heterocycles. The molecular formula is C30H35ClN4O4. The highest BCUT2D eigenvalue weighted by molar-refractivity contribution is 6.17. The molecule has 0 bridgehead atoms. The minimum atomic E-state index is -0.339. The first-order chi connectivity index (χ1) is 18.9. The maximum atomic E-state index is 12.4. The summed E-state index contributed by atoms with van der Waals surface area (Å²) in [6.45, 7) is 2.66. The van der Waals surface area contributed by atoms with Crippen LogP contribution in [0.15, 0.2) is 54.6 Å². The van der Waals surface area contributed by atoms with Gasteiger partial charge in [-0.25, -0.2) is 0 Å². The number of rotatable bonds is 12. The molecule has 0 radical (unpaired) electrons. The zero-order valence-electron chi connectivity index (χ0n) is 22.7. The van der Waals surface area contributed by atoms with Crippen molar-refractivity contribution in [3.63, 3.8) is 0 Å². The Labute approximate surface area is 234 Å². The average molecular weight is 551 g/mol. The number of likely N-dealkylation sites (N-methyl/N-ethyl adjacent to an activating group) is 2. The third-order valence-electron chi connectivity index (χ3n) is 7.06. The van der Waals surface area contributed by atoms with Gasteiger partial charge in [0.05, 0.1) is 19.2 Å². The topological polar surface area (TPSA) is 91.9 Å². The number of hydrogen-bond acceptors (Lipinski definition) is 7. The molecule has 1 heterocycles. The molecule has 0 fully saturated rings. The number of amides is 1. The number of aldehydes is 1. The van der Waals surface area contributed by atoms with Gasteiger partial charge in [-0.1, -0.05) is 24.3 Å². The molecule has 1 aliphatic heterocycles. The number of nitrogens with one attached hydrogen (secondary N) is 3. The number of hydrogen-bond donors (Lipinski definition) is 3. The Bertz CT molecular complexity index is 1330. The van der Waals surface area contributed by atoms with E-state index in [0.717, 1.165) is 23.8 Å². The predicted molar refractivity (Wildman–Crippen MR) is 157 cm³/mol. The maximum absolute atomic E-state index is 12.4. The number of alkyl halides is 1. The molecule has 1 amide bonds. The van der Waals surface area contributed by atoms with E-state index >= 15 is 0 Å². The molecule has 0 aliphatic carbocycles. The quantitative estimate of drug-likeness (QED) is 0.219. The van der Waals surface area contributed by atoms with Gasteiger partial charge in [-0.15, -0.1) is 11.6 Å². The molecule has 2 unspecified atom stereocenters. The van der Waals surface area contributed by atoms with Crippen molar-refractivity contribution >= 4 is 40.9 Å². The van der Waals surface area contributed by atoms with Crippen molar-refractivity contribution in [1.82, 2.24) is 5.32 Å². The number of methoxy groups -OCH3 is 1. The van der Waals surface area contributed by atoms with Crippen LogP contribution in [-0.4, -0.2) is 52.0 Å². The van der Waals surface area contributed by atoms with Crippen LogP contribution in [0.3, 0.4) is 0 Å². The Kier molecular flexibility index (Phi) is 9.32. The summed E-state index contributed by atoms with van der Waals surface area (Å²) in [6.07, 6.45) is 1.74. The highest BCUT2D eigenvalue weighted by Crippen LogP contribution is 2.35. The van der Waals surface area contributed by atoms with Gasteiger partial charge in [0, 0.05) is 48.2 Å². The van der Waals surface area contributed by atoms with Gasteiger partial charge in [-0.3, -0.25) is 9.59 Å². The van der Waals surface area contributed by atoms with Gasteiger partial charge in [-0.2, -0.15) is 0 Å². The maximum Gasteiger partial charge on any atom is 0.241 e. The summed E-state index contributed by atoms with van der Waals surface area (Å²) in [5.41, 5.74) is 6.05. The molecule has 39 heavy (non-hydrogen) atoms. The second-order valence-corrected chi connectivity index (χ2v) is 9.91. The summed E-state index contributed by atoms with van der Waals surface area (Å²) < 4.78 is 11.7. The lowest BCUT2D eigenvalue weighted by atomic mass is 10.1. The molecule has 3 aromatic rings. The van der Waals surface area contributed by atoms with Crippen molar-refractivity contribution < 1.29 is 19.1 Å². The van der Waals surface area contributed by atoms with Crippen molar-refractivity contribution in [3.8, 4) is 11.5 Å². The van der Waals surface area contributed by atoms with E-state index in [4.69, 9.17) is 21.1 Å². The number of ether oxygens (including phenoxy) is 2. The molecule has 3 aromatic carbocycles. The molecule has 0 spiro atoms. The molecule has 3 N–H and O–H groups in total. The summed E-state index contributed by atoms with van der Waals surface area (Å²) in [7, 11) is 5.36. The second-order valence-electron chi connectivity index (χ2n) is 9.65. The average Bonchev–Trinajstić information content (AvgIpc) is 3.29. The van der Waals surface area contributed by atoms with E-state index in [9.17, 15) is 9.59 Å². The van der Waals surface area contributed by atoms with E-state index in [1.807, 2.05) is 24.3 Å². The van der Waals surface area contributed by atoms with Gasteiger partial charge in [-0.05, 0) is 61.3 Å². The molecule has 9 heteroatoms. The summed E-state index contributed by atoms with van der Waals surface area (Å²) in [5.74, 6) is 1.11. The van der Waals surface area contributed by atoms with Crippen LogP contribution < -0.4 is 30.3 Å². The van der Waals surface area contributed by atoms with E-state index < -0.39 is 0 Å². The number of benzene rings is 3. The van der Waals surface area contributed by atoms with E-state index in [1.54, 1.807) is 33.2 Å². The van der Waals surface area contributed by atoms with Gasteiger partial charge in [0.2, 0.25) is 5.91 Å². The van der Waals surface area contributed by atoms with E-state index in [-0.39, 0.29) is 24.6 Å². The fourth-order valence-corrected chi connectivity index (χ4v) is 4.84. The fourth-order valence-electron chi connectivity index (χ4n) is 4.69. The van der Waals surface area contributed by atoms with Crippen molar-refractivity contribution in [2.24, 2.45) is 0 Å². The Morgan fingerprint density at radius 2 is 1.92 bits per heavy atom. The van der Waals surface area contributed by atoms with E-state index in [0.29, 0.717) is 40.9 Å². The molecular weight excluding hydrogens is 516 g/mol. The van der Waals surface area contributed by atoms with Crippen molar-refractivity contribution in [3.05, 3.63) is 76.9 Å². The van der Waals surface area contributed by atoms with Crippen molar-refractivity contribution in [2.75, 3.05) is 43.3 Å². The number of fused-ring (bicyclic) bond motifs is 1. The van der Waals surface area contributed by atoms with Gasteiger partial charge >= 0.3 is 0 Å². The van der Waals surface area contributed by atoms with Crippen molar-refractivity contribution in [1.29, 1.82) is 0 Å². The van der Waals surface area contributed by atoms with Crippen LogP contribution in [0.4, 0.5) is 17.1 Å². The SMILES string of the molecule is CNC(C)C(=O)Nc1cc(CCl)cc(COc2cc(NCC3Cc4ccccc4N3C)c(C=O)cc2OC)c1. The van der Waals surface area contributed by atoms with Crippen LogP contribution in [0.1, 0.15) is 34.0 Å². The lowest BCUT2D eigenvalue weighted by Gasteiger charge is -2.24. The molecule has 0 saturated heterocycles. The Morgan fingerprint density at radius 3 is 2.62 bits per heavy atom. The number of halogens is 1. The summed E-state index contributed by atoms with van der Waals surface area (Å²) in [5, 5.41) is 9.29. The second kappa shape index (κ2) is 12.9. The van der Waals surface area contributed by atoms with Crippen LogP contribution in [0.5, 0.6) is 11.5 Å². The zero-order valence-corrected chi connectivity index (χ0v) is 23.5. The Morgan fingerprint density at radius 1 is 1.15 bits per heavy atom. The van der Waals surface area contributed by atoms with Gasteiger partial charge in [0.25, 0.3) is 0 Å². The summed E-state index contributed by atoms with van der Waals surface area (Å²) in [6, 6.07) is 17.4. The first-order valence-corrected chi connectivity index (χ1v) is 13.4. The van der Waals surface area contributed by atoms with Crippen LogP contribution in [0.2, 0.25) is 0 Å². The standard InChI is InChI=1S/C30H35ClN4O4/c1-19(32-2)30(37)34-24-10-20(15-31)9-21(11-24)18-39-29-14-26(23(17-36)13-28(29)38-4)33-16-25-12-22-7-5-6-8-27(22)35(25)3/h5-11,13-14,17,19,25,32-33H,12,15-16,18H2,1-4H3,(H,34,37). The summed E-state index contributed by atoms with van der Waals surface area (Å²) >= 11 is 6.11. The lowest BCUT2D eigenvalue weighted by Crippen LogP contribution is -2.35. The van der Waals surface area contributed by atoms with Crippen LogP contribution in [-0.2, 0) is 23.7 Å². The fraction of sp³-hybridized carbons (Fsp3) is 0.333. The largest absolute Gasteiger partial charge is 0.493 e. The van der Waals surface area contributed by atoms with Crippen LogP contribution >= 0.6 is 11.6 Å². The van der Waals surface area contributed by atoms with Gasteiger partial charge in [0.15, 0.2) is 17.8 Å². The number of anilines is 3. The summed E-state index contributed by atoms with van der Waals surface area (Å²) in [4.78, 5) is 26.5. The third-order valence-corrected chi connectivity index (χ3v) is 7.37. The normalized spacial score (nSPS) is 14.9. The predicted octanol–water partition coefficient (Wildman–Crippen LogP) is 4.84. The number of nitrogens with zero attached hydrogens (tertiary/aromatic N) is 1. The highest BCUT2D eigenvalue weighted by Gasteiger charge is 2.26. The highest BCUT2D eigenvalue weighted by atomic mass is 35.5. The number of carbonyl (C=O) groups is 2. The Hall–Kier alpha value is -3.75. The van der Waals surface area contributed by atoms with Gasteiger partial charge < -0.3 is 30.3 Å². The molecule has 1 aliphatic rings. The first kappa shape index (κ1) is 28.3. The minimum absolute atomic E-state index is 0.145. The van der Waals surface area contributed by atoms with E-state index in [2.05, 4.69) is 46.1 Å². The first-order valence-electron chi connectivity index (χ1n) is 12.9. The molecule has 0 saturated carbocycles. The van der Waals surface area contributed by atoms with Crippen molar-refractivity contribution in [2.45, 2.75) is 37.9 Å². The smallest absolute Gasteiger partial charge is 0.241 e. The zero-order chi connectivity index (χ0) is 27.9. The molecule has 8 nitrogen and oxygen atoms in total. The van der Waals surface area contributed by atoms with E-state index in [1.165, 1.54) is 11.3 Å².